The van der Waals surface area contributed by atoms with Crippen molar-refractivity contribution in [1.82, 2.24) is 9.97 Å². The van der Waals surface area contributed by atoms with Gasteiger partial charge in [-0.05, 0) is 44.8 Å². The standard InChI is InChI=1S/C14H17Br2N5O3S/c1-7(6-22)19-13-10(16)5-18-14(21-13)20-8-3-9(15)12(25(17)23)11(4-8)24-2/h3-5,7,22H,6,17H2,1-2H3,(H2,18,19,20,21)/t7-,25?/m1/s1. The summed E-state index contributed by atoms with van der Waals surface area (Å²) in [6, 6.07) is 3.20. The molecule has 0 amide bonds. The molecule has 25 heavy (non-hydrogen) atoms. The smallest absolute Gasteiger partial charge is 0.229 e. The minimum atomic E-state index is -1.69. The first kappa shape index (κ1) is 20.0. The molecule has 1 unspecified atom stereocenters. The predicted molar refractivity (Wildman–Crippen MR) is 104 cm³/mol. The lowest BCUT2D eigenvalue weighted by molar-refractivity contribution is 0.281. The predicted octanol–water partition coefficient (Wildman–Crippen LogP) is 2.53. The summed E-state index contributed by atoms with van der Waals surface area (Å²) in [5.41, 5.74) is 0.626. The zero-order valence-corrected chi connectivity index (χ0v) is 17.4. The van der Waals surface area contributed by atoms with Gasteiger partial charge in [0, 0.05) is 28.5 Å². The van der Waals surface area contributed by atoms with E-state index >= 15 is 0 Å². The molecule has 2 aromatic rings. The number of benzene rings is 1. The summed E-state index contributed by atoms with van der Waals surface area (Å²) >= 11 is 6.70. The van der Waals surface area contributed by atoms with Crippen molar-refractivity contribution in [1.29, 1.82) is 0 Å². The number of methoxy groups -OCH3 is 1. The molecule has 0 aliphatic carbocycles. The van der Waals surface area contributed by atoms with Crippen molar-refractivity contribution < 1.29 is 14.1 Å². The Morgan fingerprint density at radius 1 is 1.40 bits per heavy atom. The molecule has 0 radical (unpaired) electrons. The summed E-state index contributed by atoms with van der Waals surface area (Å²) in [5.74, 6) is 1.26. The van der Waals surface area contributed by atoms with E-state index in [2.05, 4.69) is 52.5 Å². The van der Waals surface area contributed by atoms with Crippen molar-refractivity contribution in [3.8, 4) is 5.75 Å². The van der Waals surface area contributed by atoms with Crippen molar-refractivity contribution in [3.63, 3.8) is 0 Å². The fourth-order valence-corrected chi connectivity index (χ4v) is 3.74. The number of rotatable bonds is 7. The monoisotopic (exact) mass is 493 g/mol. The van der Waals surface area contributed by atoms with E-state index in [1.54, 1.807) is 18.3 Å². The Hall–Kier alpha value is -1.27. The van der Waals surface area contributed by atoms with Crippen LogP contribution in [0.2, 0.25) is 0 Å². The molecule has 5 N–H and O–H groups in total. The maximum absolute atomic E-state index is 11.6. The van der Waals surface area contributed by atoms with Crippen molar-refractivity contribution in [2.24, 2.45) is 5.14 Å². The Morgan fingerprint density at radius 3 is 2.72 bits per heavy atom. The molecule has 11 heteroatoms. The van der Waals surface area contributed by atoms with Crippen LogP contribution in [-0.2, 0) is 11.0 Å². The average molecular weight is 495 g/mol. The van der Waals surface area contributed by atoms with Gasteiger partial charge < -0.3 is 20.5 Å². The molecule has 0 saturated carbocycles. The number of aliphatic hydroxyl groups is 1. The lowest BCUT2D eigenvalue weighted by Crippen LogP contribution is -2.20. The summed E-state index contributed by atoms with van der Waals surface area (Å²) in [7, 11) is -0.223. The van der Waals surface area contributed by atoms with Gasteiger partial charge in [0.25, 0.3) is 0 Å². The number of halogens is 2. The fourth-order valence-electron chi connectivity index (χ4n) is 1.92. The van der Waals surface area contributed by atoms with Crippen LogP contribution in [0.5, 0.6) is 5.75 Å². The van der Waals surface area contributed by atoms with Crippen LogP contribution in [-0.4, -0.2) is 39.0 Å². The summed E-state index contributed by atoms with van der Waals surface area (Å²) in [5, 5.41) is 20.7. The zero-order chi connectivity index (χ0) is 18.6. The molecular formula is C14H17Br2N5O3S. The van der Waals surface area contributed by atoms with Crippen LogP contribution in [0.4, 0.5) is 17.5 Å². The Kier molecular flexibility index (Phi) is 7.14. The average Bonchev–Trinajstić information content (AvgIpc) is 2.56. The third-order valence-corrected chi connectivity index (χ3v) is 5.38. The molecule has 1 heterocycles. The van der Waals surface area contributed by atoms with Gasteiger partial charge in [-0.25, -0.2) is 14.3 Å². The summed E-state index contributed by atoms with van der Waals surface area (Å²) < 4.78 is 18.1. The van der Waals surface area contributed by atoms with E-state index in [0.717, 1.165) is 0 Å². The minimum absolute atomic E-state index is 0.0267. The number of nitrogens with one attached hydrogen (secondary N) is 2. The molecule has 0 aliphatic heterocycles. The SMILES string of the molecule is COc1cc(Nc2ncc(Br)c(N[C@H](C)CO)n2)cc(Br)c1S(N)=O. The summed E-state index contributed by atoms with van der Waals surface area (Å²) in [6.07, 6.45) is 1.59. The third kappa shape index (κ3) is 5.11. The number of hydrogen-bond donors (Lipinski definition) is 4. The number of aromatic nitrogens is 2. The fraction of sp³-hybridized carbons (Fsp3) is 0.286. The second kappa shape index (κ2) is 8.90. The van der Waals surface area contributed by atoms with Crippen LogP contribution in [0.25, 0.3) is 0 Å². The minimum Gasteiger partial charge on any atom is -0.495 e. The van der Waals surface area contributed by atoms with Crippen LogP contribution < -0.4 is 20.5 Å². The molecule has 0 spiro atoms. The third-order valence-electron chi connectivity index (χ3n) is 3.09. The topological polar surface area (TPSA) is 122 Å². The number of ether oxygens (including phenoxy) is 1. The van der Waals surface area contributed by atoms with Crippen molar-refractivity contribution >= 4 is 60.3 Å². The highest BCUT2D eigenvalue weighted by atomic mass is 79.9. The van der Waals surface area contributed by atoms with E-state index in [9.17, 15) is 4.21 Å². The van der Waals surface area contributed by atoms with E-state index in [4.69, 9.17) is 15.0 Å². The highest BCUT2D eigenvalue weighted by molar-refractivity contribution is 9.10. The normalized spacial score (nSPS) is 13.2. The van der Waals surface area contributed by atoms with E-state index in [1.165, 1.54) is 7.11 Å². The maximum atomic E-state index is 11.6. The first-order valence-corrected chi connectivity index (χ1v) is 9.86. The van der Waals surface area contributed by atoms with Crippen LogP contribution in [0.15, 0.2) is 32.2 Å². The molecule has 1 aromatic heterocycles. The maximum Gasteiger partial charge on any atom is 0.229 e. The van der Waals surface area contributed by atoms with Gasteiger partial charge in [0.1, 0.15) is 27.4 Å². The largest absolute Gasteiger partial charge is 0.495 e. The molecular weight excluding hydrogens is 478 g/mol. The van der Waals surface area contributed by atoms with Crippen LogP contribution >= 0.6 is 31.9 Å². The quantitative estimate of drug-likeness (QED) is 0.466. The van der Waals surface area contributed by atoms with Gasteiger partial charge in [-0.2, -0.15) is 4.98 Å². The molecule has 136 valence electrons. The van der Waals surface area contributed by atoms with E-state index in [-0.39, 0.29) is 12.6 Å². The Bertz CT molecular complexity index is 793. The van der Waals surface area contributed by atoms with Gasteiger partial charge in [-0.3, -0.25) is 0 Å². The summed E-state index contributed by atoms with van der Waals surface area (Å²) in [6.45, 7) is 1.80. The second-order valence-electron chi connectivity index (χ2n) is 5.03. The molecule has 0 aliphatic rings. The highest BCUT2D eigenvalue weighted by Gasteiger charge is 2.15. The molecule has 1 aromatic carbocycles. The number of aliphatic hydroxyl groups excluding tert-OH is 1. The van der Waals surface area contributed by atoms with Gasteiger partial charge in [0.2, 0.25) is 5.95 Å². The van der Waals surface area contributed by atoms with E-state index < -0.39 is 11.0 Å². The Balaban J connectivity index is 2.32. The number of nitrogens with two attached hydrogens (primary N) is 1. The lowest BCUT2D eigenvalue weighted by Gasteiger charge is -2.15. The first-order valence-electron chi connectivity index (χ1n) is 7.06. The molecule has 0 saturated heterocycles. The van der Waals surface area contributed by atoms with Crippen LogP contribution in [0, 0.1) is 0 Å². The molecule has 8 nitrogen and oxygen atoms in total. The zero-order valence-electron chi connectivity index (χ0n) is 13.4. The molecule has 2 rings (SSSR count). The van der Waals surface area contributed by atoms with Crippen molar-refractivity contribution in [2.75, 3.05) is 24.4 Å². The number of anilines is 3. The van der Waals surface area contributed by atoms with Crippen LogP contribution in [0.3, 0.4) is 0 Å². The van der Waals surface area contributed by atoms with Gasteiger partial charge in [0.15, 0.2) is 0 Å². The van der Waals surface area contributed by atoms with Gasteiger partial charge in [-0.1, -0.05) is 0 Å². The van der Waals surface area contributed by atoms with E-state index in [0.29, 0.717) is 37.0 Å². The van der Waals surface area contributed by atoms with Gasteiger partial charge in [0.05, 0.1) is 18.2 Å². The van der Waals surface area contributed by atoms with Crippen LogP contribution in [0.1, 0.15) is 6.92 Å². The first-order chi connectivity index (χ1) is 11.8. The van der Waals surface area contributed by atoms with Crippen molar-refractivity contribution in [3.05, 3.63) is 27.3 Å². The van der Waals surface area contributed by atoms with Gasteiger partial charge in [-0.15, -0.1) is 0 Å². The van der Waals surface area contributed by atoms with Crippen molar-refractivity contribution in [2.45, 2.75) is 17.9 Å². The Labute approximate surface area is 164 Å². The second-order valence-corrected chi connectivity index (χ2v) is 7.74. The molecule has 0 fully saturated rings. The Morgan fingerprint density at radius 2 is 2.12 bits per heavy atom. The van der Waals surface area contributed by atoms with Gasteiger partial charge >= 0.3 is 0 Å². The van der Waals surface area contributed by atoms with E-state index in [1.807, 2.05) is 6.92 Å². The molecule has 2 atom stereocenters. The molecule has 0 bridgehead atoms. The lowest BCUT2D eigenvalue weighted by atomic mass is 10.3. The number of hydrogen-bond acceptors (Lipinski definition) is 7. The number of nitrogens with zero attached hydrogens (tertiary/aromatic N) is 2. The highest BCUT2D eigenvalue weighted by Crippen LogP contribution is 2.34. The summed E-state index contributed by atoms with van der Waals surface area (Å²) in [4.78, 5) is 8.93.